The average molecular weight is 205 g/mol. The fourth-order valence-corrected chi connectivity index (χ4v) is 1.36. The zero-order valence-electron chi connectivity index (χ0n) is 8.58. The van der Waals surface area contributed by atoms with Crippen LogP contribution in [0.1, 0.15) is 23.1 Å². The van der Waals surface area contributed by atoms with E-state index in [1.54, 1.807) is 30.2 Å². The smallest absolute Gasteiger partial charge is 0.232 e. The van der Waals surface area contributed by atoms with Crippen molar-refractivity contribution in [2.24, 2.45) is 7.05 Å². The van der Waals surface area contributed by atoms with Crippen LogP contribution in [-0.2, 0) is 13.6 Å². The van der Waals surface area contributed by atoms with E-state index in [0.29, 0.717) is 17.9 Å². The third-order valence-corrected chi connectivity index (χ3v) is 2.08. The largest absolute Gasteiger partial charge is 0.285 e. The zero-order valence-corrected chi connectivity index (χ0v) is 8.58. The molecule has 2 rings (SSSR count). The maximum absolute atomic E-state index is 11.9. The summed E-state index contributed by atoms with van der Waals surface area (Å²) in [6.07, 6.45) is 3.20. The summed E-state index contributed by atoms with van der Waals surface area (Å²) in [7, 11) is 1.72. The van der Waals surface area contributed by atoms with Crippen LogP contribution in [0.4, 0.5) is 0 Å². The van der Waals surface area contributed by atoms with Gasteiger partial charge in [-0.15, -0.1) is 5.10 Å². The van der Waals surface area contributed by atoms with Gasteiger partial charge in [0, 0.05) is 19.8 Å². The van der Waals surface area contributed by atoms with Gasteiger partial charge in [-0.25, -0.2) is 0 Å². The number of nitrogens with zero attached hydrogens (tertiary/aromatic N) is 5. The molecule has 0 aliphatic heterocycles. The molecule has 2 aromatic rings. The first-order chi connectivity index (χ1) is 7.22. The van der Waals surface area contributed by atoms with E-state index in [2.05, 4.69) is 15.4 Å². The lowest BCUT2D eigenvalue weighted by Crippen LogP contribution is -2.10. The maximum Gasteiger partial charge on any atom is 0.232 e. The highest BCUT2D eigenvalue weighted by atomic mass is 16.1. The van der Waals surface area contributed by atoms with E-state index < -0.39 is 0 Å². The molecule has 6 heteroatoms. The topological polar surface area (TPSA) is 65.6 Å². The van der Waals surface area contributed by atoms with Gasteiger partial charge in [0.05, 0.1) is 6.20 Å². The lowest BCUT2D eigenvalue weighted by Gasteiger charge is -2.00. The van der Waals surface area contributed by atoms with Crippen molar-refractivity contribution in [1.82, 2.24) is 24.8 Å². The highest BCUT2D eigenvalue weighted by Gasteiger charge is 2.16. The van der Waals surface area contributed by atoms with Crippen molar-refractivity contribution in [2.75, 3.05) is 0 Å². The van der Waals surface area contributed by atoms with Gasteiger partial charge in [0.15, 0.2) is 5.69 Å². The second-order valence-electron chi connectivity index (χ2n) is 3.14. The number of ketones is 1. The van der Waals surface area contributed by atoms with Crippen molar-refractivity contribution in [2.45, 2.75) is 13.5 Å². The second-order valence-corrected chi connectivity index (χ2v) is 3.14. The maximum atomic E-state index is 11.9. The minimum atomic E-state index is -0.151. The highest BCUT2D eigenvalue weighted by molar-refractivity contribution is 6.06. The Labute approximate surface area is 86.5 Å². The van der Waals surface area contributed by atoms with Gasteiger partial charge in [0.1, 0.15) is 5.69 Å². The molecule has 0 bridgehead atoms. The summed E-state index contributed by atoms with van der Waals surface area (Å²) in [6, 6.07) is 1.68. The Hall–Kier alpha value is -1.98. The van der Waals surface area contributed by atoms with E-state index in [-0.39, 0.29) is 5.78 Å². The summed E-state index contributed by atoms with van der Waals surface area (Å²) in [4.78, 5) is 11.9. The number of carbonyl (C=O) groups excluding carboxylic acids is 1. The van der Waals surface area contributed by atoms with E-state index in [1.807, 2.05) is 6.92 Å². The van der Waals surface area contributed by atoms with E-state index in [9.17, 15) is 4.79 Å². The fourth-order valence-electron chi connectivity index (χ4n) is 1.36. The molecule has 0 saturated heterocycles. The molecule has 2 heterocycles. The zero-order chi connectivity index (χ0) is 10.8. The van der Waals surface area contributed by atoms with Crippen LogP contribution in [-0.4, -0.2) is 30.6 Å². The SMILES string of the molecule is CCn1nccc1C(=O)c1cn(C)nn1. The second kappa shape index (κ2) is 3.64. The molecule has 0 radical (unpaired) electrons. The van der Waals surface area contributed by atoms with Gasteiger partial charge in [0.25, 0.3) is 0 Å². The highest BCUT2D eigenvalue weighted by Crippen LogP contribution is 2.06. The first-order valence-electron chi connectivity index (χ1n) is 4.65. The van der Waals surface area contributed by atoms with Crippen molar-refractivity contribution >= 4 is 5.78 Å². The average Bonchev–Trinajstić information content (AvgIpc) is 2.84. The predicted molar refractivity (Wildman–Crippen MR) is 52.3 cm³/mol. The number of carbonyl (C=O) groups is 1. The van der Waals surface area contributed by atoms with E-state index >= 15 is 0 Å². The molecule has 0 unspecified atom stereocenters. The molecule has 0 aliphatic rings. The summed E-state index contributed by atoms with van der Waals surface area (Å²) in [5, 5.41) is 11.5. The van der Waals surface area contributed by atoms with Gasteiger partial charge < -0.3 is 0 Å². The van der Waals surface area contributed by atoms with Crippen LogP contribution in [0.3, 0.4) is 0 Å². The molecule has 0 saturated carbocycles. The first kappa shape index (κ1) is 9.57. The van der Waals surface area contributed by atoms with Gasteiger partial charge in [-0.2, -0.15) is 5.10 Å². The molecule has 0 fully saturated rings. The minimum Gasteiger partial charge on any atom is -0.285 e. The fraction of sp³-hybridized carbons (Fsp3) is 0.333. The third-order valence-electron chi connectivity index (χ3n) is 2.08. The van der Waals surface area contributed by atoms with Crippen LogP contribution in [0.5, 0.6) is 0 Å². The van der Waals surface area contributed by atoms with Crippen molar-refractivity contribution in [1.29, 1.82) is 0 Å². The Balaban J connectivity index is 2.36. The van der Waals surface area contributed by atoms with Crippen LogP contribution < -0.4 is 0 Å². The number of hydrogen-bond acceptors (Lipinski definition) is 4. The molecule has 0 spiro atoms. The van der Waals surface area contributed by atoms with Crippen molar-refractivity contribution in [3.8, 4) is 0 Å². The molecule has 0 N–H and O–H groups in total. The third kappa shape index (κ3) is 1.65. The summed E-state index contributed by atoms with van der Waals surface area (Å²) in [5.74, 6) is -0.151. The molecule has 78 valence electrons. The van der Waals surface area contributed by atoms with Crippen LogP contribution in [0.15, 0.2) is 18.5 Å². The lowest BCUT2D eigenvalue weighted by molar-refractivity contribution is 0.102. The quantitative estimate of drug-likeness (QED) is 0.674. The molecule has 6 nitrogen and oxygen atoms in total. The monoisotopic (exact) mass is 205 g/mol. The lowest BCUT2D eigenvalue weighted by atomic mass is 10.2. The van der Waals surface area contributed by atoms with E-state index in [1.165, 1.54) is 4.68 Å². The molecule has 0 aliphatic carbocycles. The van der Waals surface area contributed by atoms with E-state index in [4.69, 9.17) is 0 Å². The summed E-state index contributed by atoms with van der Waals surface area (Å²) < 4.78 is 3.14. The van der Waals surface area contributed by atoms with Crippen LogP contribution in [0, 0.1) is 0 Å². The number of hydrogen-bond donors (Lipinski definition) is 0. The normalized spacial score (nSPS) is 10.5. The van der Waals surface area contributed by atoms with Crippen LogP contribution in [0.25, 0.3) is 0 Å². The Morgan fingerprint density at radius 1 is 1.53 bits per heavy atom. The van der Waals surface area contributed by atoms with Crippen molar-refractivity contribution in [3.05, 3.63) is 29.8 Å². The number of rotatable bonds is 3. The Kier molecular flexibility index (Phi) is 2.32. The molecule has 0 atom stereocenters. The van der Waals surface area contributed by atoms with Crippen LogP contribution in [0.2, 0.25) is 0 Å². The van der Waals surface area contributed by atoms with Gasteiger partial charge in [-0.3, -0.25) is 14.2 Å². The molecular formula is C9H11N5O. The van der Waals surface area contributed by atoms with Gasteiger partial charge in [-0.1, -0.05) is 5.21 Å². The minimum absolute atomic E-state index is 0.151. The summed E-state index contributed by atoms with van der Waals surface area (Å²) in [6.45, 7) is 2.59. The van der Waals surface area contributed by atoms with Crippen molar-refractivity contribution < 1.29 is 4.79 Å². The summed E-state index contributed by atoms with van der Waals surface area (Å²) in [5.41, 5.74) is 0.880. The van der Waals surface area contributed by atoms with Gasteiger partial charge in [0.2, 0.25) is 5.78 Å². The predicted octanol–water partition coefficient (Wildman–Crippen LogP) is 0.262. The van der Waals surface area contributed by atoms with E-state index in [0.717, 1.165) is 0 Å². The number of aryl methyl sites for hydroxylation is 2. The molecular weight excluding hydrogens is 194 g/mol. The van der Waals surface area contributed by atoms with Gasteiger partial charge in [-0.05, 0) is 13.0 Å². The Morgan fingerprint density at radius 2 is 2.33 bits per heavy atom. The Morgan fingerprint density at radius 3 is 2.93 bits per heavy atom. The Bertz CT molecular complexity index is 484. The number of aromatic nitrogens is 5. The first-order valence-corrected chi connectivity index (χ1v) is 4.65. The molecule has 15 heavy (non-hydrogen) atoms. The van der Waals surface area contributed by atoms with Crippen molar-refractivity contribution in [3.63, 3.8) is 0 Å². The van der Waals surface area contributed by atoms with Gasteiger partial charge >= 0.3 is 0 Å². The molecule has 2 aromatic heterocycles. The molecule has 0 aromatic carbocycles. The molecule has 0 amide bonds. The standard InChI is InChI=1S/C9H11N5O/c1-3-14-8(4-5-10-14)9(15)7-6-13(2)12-11-7/h4-6H,3H2,1-2H3. The summed E-state index contributed by atoms with van der Waals surface area (Å²) >= 11 is 0. The van der Waals surface area contributed by atoms with Crippen LogP contribution >= 0.6 is 0 Å².